The molecule has 1 saturated heterocycles. The first-order chi connectivity index (χ1) is 11.2. The fraction of sp³-hybridized carbons (Fsp3) is 0.357. The summed E-state index contributed by atoms with van der Waals surface area (Å²) in [6.07, 6.45) is 7.55. The Morgan fingerprint density at radius 3 is 3.04 bits per heavy atom. The molecule has 9 nitrogen and oxygen atoms in total. The third kappa shape index (κ3) is 3.89. The molecule has 2 aromatic heterocycles. The van der Waals surface area contributed by atoms with Crippen LogP contribution in [0, 0.1) is 0 Å². The minimum atomic E-state index is -0.388. The smallest absolute Gasteiger partial charge is 0.239 e. The number of nitrogens with one attached hydrogen (secondary N) is 3. The number of amides is 2. The summed E-state index contributed by atoms with van der Waals surface area (Å²) in [6.45, 7) is 0.998. The quantitative estimate of drug-likeness (QED) is 0.668. The lowest BCUT2D eigenvalue weighted by Crippen LogP contribution is -2.55. The van der Waals surface area contributed by atoms with Crippen molar-refractivity contribution in [1.29, 1.82) is 0 Å². The van der Waals surface area contributed by atoms with Crippen molar-refractivity contribution in [2.75, 3.05) is 6.54 Å². The van der Waals surface area contributed by atoms with Gasteiger partial charge in [-0.15, -0.1) is 0 Å². The number of nitrogens with zero attached hydrogens (tertiary/aromatic N) is 4. The number of rotatable bonds is 5. The largest absolute Gasteiger partial charge is 0.353 e. The van der Waals surface area contributed by atoms with Crippen LogP contribution in [0.15, 0.2) is 30.9 Å². The molecule has 2 aromatic rings. The summed E-state index contributed by atoms with van der Waals surface area (Å²) >= 11 is 0. The lowest BCUT2D eigenvalue weighted by atomic mass is 10.1. The van der Waals surface area contributed by atoms with E-state index >= 15 is 0 Å². The van der Waals surface area contributed by atoms with Crippen molar-refractivity contribution < 1.29 is 9.59 Å². The van der Waals surface area contributed by atoms with Gasteiger partial charge in [0, 0.05) is 31.6 Å². The highest BCUT2D eigenvalue weighted by Crippen LogP contribution is 2.11. The zero-order valence-corrected chi connectivity index (χ0v) is 12.4. The Bertz CT molecular complexity index is 675. The van der Waals surface area contributed by atoms with Crippen LogP contribution in [-0.2, 0) is 16.1 Å². The van der Waals surface area contributed by atoms with Gasteiger partial charge in [-0.1, -0.05) is 0 Å². The first kappa shape index (κ1) is 15.1. The van der Waals surface area contributed by atoms with Crippen molar-refractivity contribution in [2.45, 2.75) is 25.4 Å². The lowest BCUT2D eigenvalue weighted by Gasteiger charge is -2.22. The van der Waals surface area contributed by atoms with Crippen molar-refractivity contribution in [1.82, 2.24) is 35.9 Å². The maximum Gasteiger partial charge on any atom is 0.239 e. The standard InChI is InChI=1S/C14H17N7O2/c22-13-2-1-11(18-19-13)14(23)17-6-8-21-7-3-10(20-21)12-9-15-4-5-16-12/h3-5,7,9,11,18H,1-2,6,8H2,(H,17,23)(H,19,22). The van der Waals surface area contributed by atoms with E-state index in [0.717, 1.165) is 5.69 Å². The van der Waals surface area contributed by atoms with Gasteiger partial charge in [0.05, 0.1) is 12.7 Å². The summed E-state index contributed by atoms with van der Waals surface area (Å²) < 4.78 is 1.74. The van der Waals surface area contributed by atoms with Crippen LogP contribution in [0.5, 0.6) is 0 Å². The molecule has 0 saturated carbocycles. The summed E-state index contributed by atoms with van der Waals surface area (Å²) in [5, 5.41) is 7.21. The highest BCUT2D eigenvalue weighted by atomic mass is 16.2. The second-order valence-corrected chi connectivity index (χ2v) is 5.13. The van der Waals surface area contributed by atoms with Gasteiger partial charge >= 0.3 is 0 Å². The van der Waals surface area contributed by atoms with E-state index in [1.54, 1.807) is 23.3 Å². The van der Waals surface area contributed by atoms with Crippen molar-refractivity contribution in [3.05, 3.63) is 30.9 Å². The highest BCUT2D eigenvalue weighted by Gasteiger charge is 2.23. The molecule has 1 unspecified atom stereocenters. The number of carbonyl (C=O) groups excluding carboxylic acids is 2. The fourth-order valence-electron chi connectivity index (χ4n) is 2.25. The molecule has 1 aliphatic heterocycles. The molecule has 23 heavy (non-hydrogen) atoms. The van der Waals surface area contributed by atoms with Gasteiger partial charge in [0.2, 0.25) is 11.8 Å². The van der Waals surface area contributed by atoms with E-state index in [1.807, 2.05) is 12.3 Å². The summed E-state index contributed by atoms with van der Waals surface area (Å²) in [4.78, 5) is 31.2. The zero-order chi connectivity index (χ0) is 16.1. The molecule has 1 aliphatic rings. The van der Waals surface area contributed by atoms with Crippen LogP contribution in [-0.4, -0.2) is 44.1 Å². The van der Waals surface area contributed by atoms with Crippen molar-refractivity contribution in [3.63, 3.8) is 0 Å². The maximum atomic E-state index is 11.9. The van der Waals surface area contributed by atoms with Gasteiger partial charge in [-0.2, -0.15) is 5.10 Å². The van der Waals surface area contributed by atoms with E-state index in [9.17, 15) is 9.59 Å². The highest BCUT2D eigenvalue weighted by molar-refractivity contribution is 5.85. The minimum absolute atomic E-state index is 0.0952. The van der Waals surface area contributed by atoms with Crippen LogP contribution in [0.1, 0.15) is 12.8 Å². The van der Waals surface area contributed by atoms with E-state index in [0.29, 0.717) is 31.6 Å². The number of hydrogen-bond donors (Lipinski definition) is 3. The third-order valence-electron chi connectivity index (χ3n) is 3.47. The average Bonchev–Trinajstić information content (AvgIpc) is 3.05. The Labute approximate surface area is 132 Å². The molecule has 0 radical (unpaired) electrons. The first-order valence-corrected chi connectivity index (χ1v) is 7.34. The second kappa shape index (κ2) is 6.97. The molecule has 3 rings (SSSR count). The fourth-order valence-corrected chi connectivity index (χ4v) is 2.25. The lowest BCUT2D eigenvalue weighted by molar-refractivity contribution is -0.128. The van der Waals surface area contributed by atoms with Crippen molar-refractivity contribution in [2.24, 2.45) is 0 Å². The Morgan fingerprint density at radius 2 is 2.30 bits per heavy atom. The van der Waals surface area contributed by atoms with Crippen LogP contribution >= 0.6 is 0 Å². The predicted octanol–water partition coefficient (Wildman–Crippen LogP) is -0.760. The van der Waals surface area contributed by atoms with E-state index in [-0.39, 0.29) is 17.9 Å². The van der Waals surface area contributed by atoms with Crippen LogP contribution < -0.4 is 16.2 Å². The van der Waals surface area contributed by atoms with Crippen molar-refractivity contribution in [3.8, 4) is 11.4 Å². The Kier molecular flexibility index (Phi) is 4.57. The number of hydrogen-bond acceptors (Lipinski definition) is 6. The summed E-state index contributed by atoms with van der Waals surface area (Å²) in [6, 6.07) is 1.46. The zero-order valence-electron chi connectivity index (χ0n) is 12.4. The molecule has 0 spiro atoms. The molecule has 1 fully saturated rings. The third-order valence-corrected chi connectivity index (χ3v) is 3.47. The molecule has 0 aromatic carbocycles. The number of carbonyl (C=O) groups is 2. The van der Waals surface area contributed by atoms with Crippen LogP contribution in [0.3, 0.4) is 0 Å². The van der Waals surface area contributed by atoms with Gasteiger partial charge in [-0.05, 0) is 12.5 Å². The van der Waals surface area contributed by atoms with E-state index in [4.69, 9.17) is 0 Å². The van der Waals surface area contributed by atoms with Gasteiger partial charge in [0.15, 0.2) is 0 Å². The molecule has 3 heterocycles. The molecule has 0 bridgehead atoms. The van der Waals surface area contributed by atoms with Gasteiger partial charge in [-0.25, -0.2) is 5.43 Å². The summed E-state index contributed by atoms with van der Waals surface area (Å²) in [5.74, 6) is -0.228. The molecular weight excluding hydrogens is 298 g/mol. The Morgan fingerprint density at radius 1 is 1.39 bits per heavy atom. The Balaban J connectivity index is 1.47. The monoisotopic (exact) mass is 315 g/mol. The van der Waals surface area contributed by atoms with Crippen molar-refractivity contribution >= 4 is 11.8 Å². The molecule has 1 atom stereocenters. The van der Waals surface area contributed by atoms with Gasteiger partial charge < -0.3 is 5.32 Å². The summed E-state index contributed by atoms with van der Waals surface area (Å²) in [5.41, 5.74) is 6.60. The maximum absolute atomic E-state index is 11.9. The molecular formula is C14H17N7O2. The van der Waals surface area contributed by atoms with E-state index in [2.05, 4.69) is 31.2 Å². The van der Waals surface area contributed by atoms with Crippen LogP contribution in [0.2, 0.25) is 0 Å². The van der Waals surface area contributed by atoms with E-state index in [1.165, 1.54) is 0 Å². The average molecular weight is 315 g/mol. The summed E-state index contributed by atoms with van der Waals surface area (Å²) in [7, 11) is 0. The van der Waals surface area contributed by atoms with Crippen LogP contribution in [0.25, 0.3) is 11.4 Å². The molecule has 9 heteroatoms. The van der Waals surface area contributed by atoms with Gasteiger partial charge in [-0.3, -0.25) is 29.7 Å². The van der Waals surface area contributed by atoms with Gasteiger partial charge in [0.1, 0.15) is 17.4 Å². The first-order valence-electron chi connectivity index (χ1n) is 7.34. The molecule has 3 N–H and O–H groups in total. The Hall–Kier alpha value is -2.81. The molecule has 0 aliphatic carbocycles. The molecule has 120 valence electrons. The SMILES string of the molecule is O=C1CCC(C(=O)NCCn2ccc(-c3cnccn3)n2)NN1. The second-order valence-electron chi connectivity index (χ2n) is 5.13. The predicted molar refractivity (Wildman–Crippen MR) is 80.6 cm³/mol. The normalized spacial score (nSPS) is 17.6. The number of hydrazine groups is 1. The topological polar surface area (TPSA) is 114 Å². The van der Waals surface area contributed by atoms with E-state index < -0.39 is 0 Å². The number of aromatic nitrogens is 4. The minimum Gasteiger partial charge on any atom is -0.353 e. The van der Waals surface area contributed by atoms with Crippen LogP contribution in [0.4, 0.5) is 0 Å². The molecule has 2 amide bonds. The van der Waals surface area contributed by atoms with Gasteiger partial charge in [0.25, 0.3) is 0 Å².